The SMILES string of the molecule is CCCOc1ccc(NC=C(C(=O)O)C(=O)O)cc1. The maximum atomic E-state index is 10.6. The highest BCUT2D eigenvalue weighted by atomic mass is 16.5. The lowest BCUT2D eigenvalue weighted by molar-refractivity contribution is -0.140. The fourth-order valence-electron chi connectivity index (χ4n) is 1.24. The average molecular weight is 265 g/mol. The summed E-state index contributed by atoms with van der Waals surface area (Å²) in [5.41, 5.74) is -0.157. The summed E-state index contributed by atoms with van der Waals surface area (Å²) in [6, 6.07) is 6.77. The van der Waals surface area contributed by atoms with Crippen LogP contribution >= 0.6 is 0 Å². The number of carboxylic acid groups (broad SMARTS) is 2. The predicted octanol–water partition coefficient (Wildman–Crippen LogP) is 1.94. The molecule has 0 fully saturated rings. The summed E-state index contributed by atoms with van der Waals surface area (Å²) in [7, 11) is 0. The molecule has 3 N–H and O–H groups in total. The van der Waals surface area contributed by atoms with Gasteiger partial charge in [-0.15, -0.1) is 0 Å². The van der Waals surface area contributed by atoms with E-state index < -0.39 is 17.5 Å². The molecule has 0 heterocycles. The quantitative estimate of drug-likeness (QED) is 0.396. The fourth-order valence-corrected chi connectivity index (χ4v) is 1.24. The van der Waals surface area contributed by atoms with Crippen LogP contribution in [0.2, 0.25) is 0 Å². The molecule has 0 aromatic heterocycles. The van der Waals surface area contributed by atoms with Gasteiger partial charge < -0.3 is 20.3 Å². The molecule has 1 rings (SSSR count). The van der Waals surface area contributed by atoms with Crippen LogP contribution < -0.4 is 10.1 Å². The van der Waals surface area contributed by atoms with E-state index in [9.17, 15) is 9.59 Å². The first-order valence-electron chi connectivity index (χ1n) is 5.70. The first-order valence-corrected chi connectivity index (χ1v) is 5.70. The van der Waals surface area contributed by atoms with Crippen molar-refractivity contribution in [3.8, 4) is 5.75 Å². The minimum atomic E-state index is -1.50. The molecule has 6 nitrogen and oxygen atoms in total. The van der Waals surface area contributed by atoms with Crippen molar-refractivity contribution in [2.45, 2.75) is 13.3 Å². The van der Waals surface area contributed by atoms with Gasteiger partial charge in [0.05, 0.1) is 6.61 Å². The molecular weight excluding hydrogens is 250 g/mol. The minimum absolute atomic E-state index is 0.573. The maximum Gasteiger partial charge on any atom is 0.344 e. The van der Waals surface area contributed by atoms with Gasteiger partial charge in [-0.05, 0) is 30.7 Å². The largest absolute Gasteiger partial charge is 0.494 e. The number of rotatable bonds is 7. The molecule has 0 saturated carbocycles. The van der Waals surface area contributed by atoms with E-state index in [-0.39, 0.29) is 0 Å². The maximum absolute atomic E-state index is 10.6. The first-order chi connectivity index (χ1) is 9.04. The highest BCUT2D eigenvalue weighted by Crippen LogP contribution is 2.16. The zero-order valence-electron chi connectivity index (χ0n) is 10.4. The second-order valence-electron chi connectivity index (χ2n) is 3.69. The Morgan fingerprint density at radius 2 is 1.79 bits per heavy atom. The van der Waals surface area contributed by atoms with E-state index in [2.05, 4.69) is 5.32 Å². The van der Waals surface area contributed by atoms with Crippen molar-refractivity contribution < 1.29 is 24.5 Å². The van der Waals surface area contributed by atoms with E-state index in [0.717, 1.165) is 12.6 Å². The van der Waals surface area contributed by atoms with Crippen LogP contribution in [-0.2, 0) is 9.59 Å². The van der Waals surface area contributed by atoms with Crippen LogP contribution in [0.15, 0.2) is 36.0 Å². The Morgan fingerprint density at radius 1 is 1.21 bits per heavy atom. The summed E-state index contributed by atoms with van der Waals surface area (Å²) in [6.45, 7) is 2.62. The Bertz CT molecular complexity index is 462. The summed E-state index contributed by atoms with van der Waals surface area (Å²) >= 11 is 0. The van der Waals surface area contributed by atoms with Crippen LogP contribution in [-0.4, -0.2) is 28.8 Å². The zero-order chi connectivity index (χ0) is 14.3. The summed E-state index contributed by atoms with van der Waals surface area (Å²) < 4.78 is 5.38. The van der Waals surface area contributed by atoms with Gasteiger partial charge in [0, 0.05) is 11.9 Å². The van der Waals surface area contributed by atoms with Gasteiger partial charge in [-0.3, -0.25) is 0 Å². The van der Waals surface area contributed by atoms with Gasteiger partial charge in [0.25, 0.3) is 0 Å². The molecule has 0 saturated heterocycles. The van der Waals surface area contributed by atoms with E-state index in [1.807, 2.05) is 6.92 Å². The molecule has 0 amide bonds. The third-order valence-corrected chi connectivity index (χ3v) is 2.17. The highest BCUT2D eigenvalue weighted by Gasteiger charge is 2.15. The normalized spacial score (nSPS) is 9.53. The van der Waals surface area contributed by atoms with Crippen LogP contribution in [0.3, 0.4) is 0 Å². The molecule has 19 heavy (non-hydrogen) atoms. The number of anilines is 1. The summed E-state index contributed by atoms with van der Waals surface area (Å²) in [5, 5.41) is 19.9. The molecule has 102 valence electrons. The molecule has 0 spiro atoms. The molecule has 1 aromatic rings. The van der Waals surface area contributed by atoms with E-state index in [1.54, 1.807) is 24.3 Å². The van der Waals surface area contributed by atoms with E-state index in [4.69, 9.17) is 14.9 Å². The third kappa shape index (κ3) is 4.71. The topological polar surface area (TPSA) is 95.9 Å². The summed E-state index contributed by atoms with van der Waals surface area (Å²) in [5.74, 6) is -2.29. The van der Waals surface area contributed by atoms with Gasteiger partial charge in [-0.25, -0.2) is 9.59 Å². The average Bonchev–Trinajstić information content (AvgIpc) is 2.37. The lowest BCUT2D eigenvalue weighted by Gasteiger charge is -2.06. The van der Waals surface area contributed by atoms with Gasteiger partial charge in [0.2, 0.25) is 0 Å². The van der Waals surface area contributed by atoms with Crippen molar-refractivity contribution >= 4 is 17.6 Å². The van der Waals surface area contributed by atoms with Crippen LogP contribution in [0, 0.1) is 0 Å². The van der Waals surface area contributed by atoms with Crippen molar-refractivity contribution in [3.05, 3.63) is 36.0 Å². The molecule has 0 bridgehead atoms. The van der Waals surface area contributed by atoms with Crippen molar-refractivity contribution in [3.63, 3.8) is 0 Å². The summed E-state index contributed by atoms with van der Waals surface area (Å²) in [4.78, 5) is 21.3. The number of carbonyl (C=O) groups is 2. The van der Waals surface area contributed by atoms with Gasteiger partial charge >= 0.3 is 11.9 Å². The smallest absolute Gasteiger partial charge is 0.344 e. The van der Waals surface area contributed by atoms with Crippen molar-refractivity contribution in [1.29, 1.82) is 0 Å². The molecule has 0 atom stereocenters. The van der Waals surface area contributed by atoms with Crippen molar-refractivity contribution in [2.24, 2.45) is 0 Å². The standard InChI is InChI=1S/C13H15NO5/c1-2-7-19-10-5-3-9(4-6-10)14-8-11(12(15)16)13(17)18/h3-6,8,14H,2,7H2,1H3,(H,15,16)(H,17,18). The van der Waals surface area contributed by atoms with Crippen LogP contribution in [0.25, 0.3) is 0 Å². The second kappa shape index (κ2) is 7.05. The van der Waals surface area contributed by atoms with E-state index >= 15 is 0 Å². The number of hydrogen-bond donors (Lipinski definition) is 3. The monoisotopic (exact) mass is 265 g/mol. The number of ether oxygens (including phenoxy) is 1. The number of hydrogen-bond acceptors (Lipinski definition) is 4. The Hall–Kier alpha value is -2.50. The molecule has 6 heteroatoms. The van der Waals surface area contributed by atoms with Gasteiger partial charge in [-0.1, -0.05) is 6.92 Å². The zero-order valence-corrected chi connectivity index (χ0v) is 10.4. The van der Waals surface area contributed by atoms with Crippen LogP contribution in [0.5, 0.6) is 5.75 Å². The molecule has 1 aromatic carbocycles. The molecule has 0 aliphatic heterocycles. The number of carboxylic acids is 2. The molecule has 0 radical (unpaired) electrons. The van der Waals surface area contributed by atoms with Crippen LogP contribution in [0.1, 0.15) is 13.3 Å². The number of nitrogens with one attached hydrogen (secondary N) is 1. The highest BCUT2D eigenvalue weighted by molar-refractivity contribution is 6.12. The number of benzene rings is 1. The molecular formula is C13H15NO5. The molecule has 0 unspecified atom stereocenters. The lowest BCUT2D eigenvalue weighted by atomic mass is 10.2. The number of aliphatic carboxylic acids is 2. The van der Waals surface area contributed by atoms with Crippen molar-refractivity contribution in [2.75, 3.05) is 11.9 Å². The second-order valence-corrected chi connectivity index (χ2v) is 3.69. The third-order valence-electron chi connectivity index (χ3n) is 2.17. The fraction of sp³-hybridized carbons (Fsp3) is 0.231. The lowest BCUT2D eigenvalue weighted by Crippen LogP contribution is -2.12. The van der Waals surface area contributed by atoms with E-state index in [0.29, 0.717) is 18.0 Å². The Labute approximate surface area is 110 Å². The molecule has 0 aliphatic carbocycles. The van der Waals surface area contributed by atoms with Crippen molar-refractivity contribution in [1.82, 2.24) is 0 Å². The van der Waals surface area contributed by atoms with Gasteiger partial charge in [0.15, 0.2) is 5.57 Å². The summed E-state index contributed by atoms with van der Waals surface area (Å²) in [6.07, 6.45) is 1.84. The van der Waals surface area contributed by atoms with Gasteiger partial charge in [-0.2, -0.15) is 0 Å². The van der Waals surface area contributed by atoms with E-state index in [1.165, 1.54) is 0 Å². The first kappa shape index (κ1) is 14.6. The Morgan fingerprint density at radius 3 is 2.26 bits per heavy atom. The molecule has 0 aliphatic rings. The predicted molar refractivity (Wildman–Crippen MR) is 69.2 cm³/mol. The van der Waals surface area contributed by atoms with Crippen LogP contribution in [0.4, 0.5) is 5.69 Å². The Kier molecular flexibility index (Phi) is 5.40. The Balaban J connectivity index is 2.69. The minimum Gasteiger partial charge on any atom is -0.494 e. The van der Waals surface area contributed by atoms with Gasteiger partial charge in [0.1, 0.15) is 5.75 Å².